The smallest absolute Gasteiger partial charge is 0.0743 e. The lowest BCUT2D eigenvalue weighted by molar-refractivity contribution is 0.0483. The van der Waals surface area contributed by atoms with Crippen LogP contribution in [0.5, 0.6) is 0 Å². The van der Waals surface area contributed by atoms with Crippen molar-refractivity contribution in [2.45, 2.75) is 77.7 Å². The van der Waals surface area contributed by atoms with E-state index in [2.05, 4.69) is 19.2 Å². The maximum Gasteiger partial charge on any atom is 0.0743 e. The minimum absolute atomic E-state index is 0.514. The van der Waals surface area contributed by atoms with E-state index >= 15 is 0 Å². The third kappa shape index (κ3) is 10.4. The second-order valence-corrected chi connectivity index (χ2v) is 5.19. The van der Waals surface area contributed by atoms with E-state index in [0.29, 0.717) is 0 Å². The highest BCUT2D eigenvalue weighted by Crippen LogP contribution is 2.15. The molecule has 0 spiro atoms. The molecule has 0 amide bonds. The number of nitrogens with one attached hydrogen (secondary N) is 1. The lowest BCUT2D eigenvalue weighted by Crippen LogP contribution is -2.38. The summed E-state index contributed by atoms with van der Waals surface area (Å²) in [5, 5.41) is 13.4. The molecule has 0 aliphatic carbocycles. The monoisotopic (exact) mass is 229 g/mol. The number of unbranched alkanes of at least 4 members (excludes halogenated alkanes) is 5. The molecule has 0 rings (SSSR count). The van der Waals surface area contributed by atoms with Crippen LogP contribution in [-0.2, 0) is 0 Å². The van der Waals surface area contributed by atoms with E-state index in [1.165, 1.54) is 32.1 Å². The van der Waals surface area contributed by atoms with Crippen molar-refractivity contribution in [3.63, 3.8) is 0 Å². The molecule has 0 aromatic rings. The van der Waals surface area contributed by atoms with Gasteiger partial charge in [-0.25, -0.2) is 0 Å². The number of aliphatic hydroxyl groups is 1. The van der Waals surface area contributed by atoms with Crippen molar-refractivity contribution in [3.05, 3.63) is 0 Å². The standard InChI is InChI=1S/C14H31NO/c1-4-6-7-8-9-10-11-14(3,16)13-15-12-5-2/h15-16H,4-13H2,1-3H3. The molecule has 2 heteroatoms. The topological polar surface area (TPSA) is 32.3 Å². The van der Waals surface area contributed by atoms with Crippen LogP contribution in [0.1, 0.15) is 72.1 Å². The van der Waals surface area contributed by atoms with Gasteiger partial charge in [-0.05, 0) is 26.3 Å². The van der Waals surface area contributed by atoms with Crippen LogP contribution in [0.3, 0.4) is 0 Å². The predicted octanol–water partition coefficient (Wildman–Crippen LogP) is 3.49. The molecule has 0 saturated heterocycles. The van der Waals surface area contributed by atoms with E-state index in [9.17, 15) is 5.11 Å². The van der Waals surface area contributed by atoms with Crippen LogP contribution in [0.4, 0.5) is 0 Å². The maximum atomic E-state index is 10.1. The summed E-state index contributed by atoms with van der Waals surface area (Å²) in [6.45, 7) is 8.07. The Hall–Kier alpha value is -0.0800. The van der Waals surface area contributed by atoms with Crippen LogP contribution in [0.15, 0.2) is 0 Å². The Morgan fingerprint density at radius 1 is 0.938 bits per heavy atom. The summed E-state index contributed by atoms with van der Waals surface area (Å²) in [5.41, 5.74) is -0.514. The Balaban J connectivity index is 3.35. The van der Waals surface area contributed by atoms with Crippen molar-refractivity contribution in [2.24, 2.45) is 0 Å². The minimum Gasteiger partial charge on any atom is -0.389 e. The first kappa shape index (κ1) is 15.9. The van der Waals surface area contributed by atoms with Gasteiger partial charge in [0.25, 0.3) is 0 Å². The molecule has 2 nitrogen and oxygen atoms in total. The van der Waals surface area contributed by atoms with Crippen LogP contribution < -0.4 is 5.32 Å². The molecule has 0 aromatic heterocycles. The van der Waals surface area contributed by atoms with Gasteiger partial charge in [-0.15, -0.1) is 0 Å². The summed E-state index contributed by atoms with van der Waals surface area (Å²) in [7, 11) is 0. The van der Waals surface area contributed by atoms with Gasteiger partial charge in [0.1, 0.15) is 0 Å². The van der Waals surface area contributed by atoms with Crippen LogP contribution >= 0.6 is 0 Å². The Morgan fingerprint density at radius 3 is 2.19 bits per heavy atom. The van der Waals surface area contributed by atoms with Gasteiger partial charge in [0.15, 0.2) is 0 Å². The number of hydrogen-bond donors (Lipinski definition) is 2. The fraction of sp³-hybridized carbons (Fsp3) is 1.00. The lowest BCUT2D eigenvalue weighted by Gasteiger charge is -2.23. The molecule has 2 N–H and O–H groups in total. The van der Waals surface area contributed by atoms with Crippen molar-refractivity contribution in [2.75, 3.05) is 13.1 Å². The lowest BCUT2D eigenvalue weighted by atomic mass is 9.97. The molecule has 1 unspecified atom stereocenters. The van der Waals surface area contributed by atoms with Gasteiger partial charge in [0.2, 0.25) is 0 Å². The Morgan fingerprint density at radius 2 is 1.56 bits per heavy atom. The van der Waals surface area contributed by atoms with Gasteiger partial charge in [-0.2, -0.15) is 0 Å². The second-order valence-electron chi connectivity index (χ2n) is 5.19. The molecular weight excluding hydrogens is 198 g/mol. The van der Waals surface area contributed by atoms with Crippen molar-refractivity contribution in [3.8, 4) is 0 Å². The molecule has 0 bridgehead atoms. The quantitative estimate of drug-likeness (QED) is 0.532. The average molecular weight is 229 g/mol. The third-order valence-electron chi connectivity index (χ3n) is 3.00. The van der Waals surface area contributed by atoms with Crippen LogP contribution in [-0.4, -0.2) is 23.8 Å². The summed E-state index contributed by atoms with van der Waals surface area (Å²) in [5.74, 6) is 0. The van der Waals surface area contributed by atoms with Gasteiger partial charge in [0.05, 0.1) is 5.60 Å². The second kappa shape index (κ2) is 10.1. The van der Waals surface area contributed by atoms with Crippen LogP contribution in [0.2, 0.25) is 0 Å². The highest BCUT2D eigenvalue weighted by Gasteiger charge is 2.18. The van der Waals surface area contributed by atoms with Crippen molar-refractivity contribution in [1.29, 1.82) is 0 Å². The molecule has 0 aliphatic heterocycles. The van der Waals surface area contributed by atoms with Crippen LogP contribution in [0.25, 0.3) is 0 Å². The summed E-state index contributed by atoms with van der Waals surface area (Å²) >= 11 is 0. The van der Waals surface area contributed by atoms with E-state index in [0.717, 1.165) is 32.4 Å². The SMILES string of the molecule is CCCCCCCCC(C)(O)CNCCC. The molecule has 0 heterocycles. The number of rotatable bonds is 11. The van der Waals surface area contributed by atoms with Gasteiger partial charge in [-0.1, -0.05) is 52.4 Å². The zero-order valence-corrected chi connectivity index (χ0v) is 11.5. The fourth-order valence-corrected chi connectivity index (χ4v) is 1.91. The normalized spacial score (nSPS) is 15.0. The fourth-order valence-electron chi connectivity index (χ4n) is 1.91. The van der Waals surface area contributed by atoms with E-state index in [1.54, 1.807) is 0 Å². The zero-order valence-electron chi connectivity index (χ0n) is 11.5. The first-order chi connectivity index (χ1) is 7.62. The van der Waals surface area contributed by atoms with Crippen LogP contribution in [0, 0.1) is 0 Å². The highest BCUT2D eigenvalue weighted by molar-refractivity contribution is 4.75. The van der Waals surface area contributed by atoms with Gasteiger partial charge in [0, 0.05) is 6.54 Å². The molecule has 1 atom stereocenters. The molecule has 0 saturated carbocycles. The first-order valence-corrected chi connectivity index (χ1v) is 7.05. The molecule has 0 aliphatic rings. The van der Waals surface area contributed by atoms with E-state index in [-0.39, 0.29) is 0 Å². The maximum absolute atomic E-state index is 10.1. The Kier molecular flexibility index (Phi) is 10.0. The summed E-state index contributed by atoms with van der Waals surface area (Å²) in [4.78, 5) is 0. The van der Waals surface area contributed by atoms with Crippen molar-refractivity contribution < 1.29 is 5.11 Å². The van der Waals surface area contributed by atoms with E-state index in [4.69, 9.17) is 0 Å². The van der Waals surface area contributed by atoms with Gasteiger partial charge >= 0.3 is 0 Å². The minimum atomic E-state index is -0.514. The summed E-state index contributed by atoms with van der Waals surface area (Å²) in [6, 6.07) is 0. The van der Waals surface area contributed by atoms with E-state index in [1.807, 2.05) is 6.92 Å². The van der Waals surface area contributed by atoms with Gasteiger partial charge < -0.3 is 10.4 Å². The molecule has 0 fully saturated rings. The van der Waals surface area contributed by atoms with Crippen molar-refractivity contribution >= 4 is 0 Å². The van der Waals surface area contributed by atoms with E-state index < -0.39 is 5.60 Å². The molecule has 0 aromatic carbocycles. The summed E-state index contributed by atoms with van der Waals surface area (Å²) in [6.07, 6.45) is 9.82. The van der Waals surface area contributed by atoms with Gasteiger partial charge in [-0.3, -0.25) is 0 Å². The largest absolute Gasteiger partial charge is 0.389 e. The molecule has 0 radical (unpaired) electrons. The Bertz CT molecular complexity index is 146. The Labute approximate surface area is 102 Å². The average Bonchev–Trinajstić information content (AvgIpc) is 2.23. The molecule has 98 valence electrons. The zero-order chi connectivity index (χ0) is 12.3. The highest BCUT2D eigenvalue weighted by atomic mass is 16.3. The molecular formula is C14H31NO. The summed E-state index contributed by atoms with van der Waals surface area (Å²) < 4.78 is 0. The van der Waals surface area contributed by atoms with Crippen molar-refractivity contribution in [1.82, 2.24) is 5.32 Å². The molecule has 16 heavy (non-hydrogen) atoms. The first-order valence-electron chi connectivity index (χ1n) is 7.05. The third-order valence-corrected chi connectivity index (χ3v) is 3.00. The number of hydrogen-bond acceptors (Lipinski definition) is 2. The predicted molar refractivity (Wildman–Crippen MR) is 71.8 cm³/mol.